The van der Waals surface area contributed by atoms with Crippen LogP contribution in [0.3, 0.4) is 0 Å². The minimum Gasteiger partial charge on any atom is -0.476 e. The van der Waals surface area contributed by atoms with Crippen molar-refractivity contribution in [2.75, 3.05) is 12.4 Å². The van der Waals surface area contributed by atoms with Crippen molar-refractivity contribution in [3.05, 3.63) is 62.8 Å². The zero-order chi connectivity index (χ0) is 19.3. The van der Waals surface area contributed by atoms with Gasteiger partial charge in [0.2, 0.25) is 0 Å². The molecule has 1 aromatic carbocycles. The molecule has 0 aliphatic carbocycles. The number of rotatable bonds is 3. The lowest BCUT2D eigenvalue weighted by Crippen LogP contribution is -2.05. The maximum atomic E-state index is 12.0. The lowest BCUT2D eigenvalue weighted by molar-refractivity contribution is 0.0691. The number of benzene rings is 1. The summed E-state index contributed by atoms with van der Waals surface area (Å²) in [5.74, 6) is -1.22. The van der Waals surface area contributed by atoms with E-state index in [0.29, 0.717) is 38.4 Å². The normalized spacial score (nSPS) is 11.2. The van der Waals surface area contributed by atoms with E-state index in [-0.39, 0.29) is 16.4 Å². The highest BCUT2D eigenvalue weighted by molar-refractivity contribution is 6.35. The number of aromatic carboxylic acids is 1. The van der Waals surface area contributed by atoms with Crippen molar-refractivity contribution in [3.63, 3.8) is 0 Å². The van der Waals surface area contributed by atoms with Crippen molar-refractivity contribution >= 4 is 51.3 Å². The van der Waals surface area contributed by atoms with Crippen LogP contribution < -0.4 is 10.9 Å². The molecule has 0 saturated carbocycles. The van der Waals surface area contributed by atoms with Gasteiger partial charge in [0.25, 0.3) is 5.56 Å². The van der Waals surface area contributed by atoms with Gasteiger partial charge in [-0.05, 0) is 29.8 Å². The number of hydrogen-bond donors (Lipinski definition) is 3. The first-order chi connectivity index (χ1) is 12.9. The van der Waals surface area contributed by atoms with E-state index in [1.54, 1.807) is 41.8 Å². The fraction of sp³-hybridized carbons (Fsp3) is 0.0556. The molecule has 0 fully saturated rings. The fourth-order valence-electron chi connectivity index (χ4n) is 3.05. The van der Waals surface area contributed by atoms with Gasteiger partial charge < -0.3 is 15.4 Å². The van der Waals surface area contributed by atoms with Crippen molar-refractivity contribution in [1.82, 2.24) is 14.4 Å². The number of halogens is 2. The molecule has 0 atom stereocenters. The molecule has 27 heavy (non-hydrogen) atoms. The van der Waals surface area contributed by atoms with Gasteiger partial charge in [-0.15, -0.1) is 0 Å². The number of carboxylic acids is 1. The van der Waals surface area contributed by atoms with Crippen LogP contribution in [0.5, 0.6) is 0 Å². The van der Waals surface area contributed by atoms with Crippen LogP contribution in [-0.2, 0) is 0 Å². The number of pyridine rings is 2. The van der Waals surface area contributed by atoms with E-state index in [4.69, 9.17) is 23.2 Å². The quantitative estimate of drug-likeness (QED) is 0.482. The summed E-state index contributed by atoms with van der Waals surface area (Å²) < 4.78 is 1.55. The van der Waals surface area contributed by atoms with Gasteiger partial charge in [0.15, 0.2) is 11.3 Å². The third-order valence-corrected chi connectivity index (χ3v) is 4.99. The number of aromatic amines is 1. The molecule has 4 aromatic rings. The summed E-state index contributed by atoms with van der Waals surface area (Å²) in [6, 6.07) is 8.75. The summed E-state index contributed by atoms with van der Waals surface area (Å²) in [4.78, 5) is 30.2. The van der Waals surface area contributed by atoms with Crippen LogP contribution in [-0.4, -0.2) is 32.5 Å². The summed E-state index contributed by atoms with van der Waals surface area (Å²) in [5.41, 5.74) is 1.85. The van der Waals surface area contributed by atoms with Crippen LogP contribution in [0.15, 0.2) is 41.3 Å². The van der Waals surface area contributed by atoms with Crippen molar-refractivity contribution < 1.29 is 9.90 Å². The van der Waals surface area contributed by atoms with Gasteiger partial charge in [0, 0.05) is 24.0 Å². The predicted octanol–water partition coefficient (Wildman–Crippen LogP) is 3.89. The number of fused-ring (bicyclic) bond motifs is 2. The highest BCUT2D eigenvalue weighted by Crippen LogP contribution is 2.33. The Kier molecular flexibility index (Phi) is 4.05. The number of hydrogen-bond acceptors (Lipinski definition) is 4. The molecule has 0 saturated heterocycles. The fourth-order valence-corrected chi connectivity index (χ4v) is 3.56. The molecular formula is C18H12Cl2N4O3. The van der Waals surface area contributed by atoms with Gasteiger partial charge in [-0.2, -0.15) is 0 Å². The molecular weight excluding hydrogens is 391 g/mol. The second-order valence-electron chi connectivity index (χ2n) is 5.82. The van der Waals surface area contributed by atoms with Gasteiger partial charge in [-0.1, -0.05) is 29.3 Å². The molecule has 4 rings (SSSR count). The first-order valence-corrected chi connectivity index (χ1v) is 8.61. The third kappa shape index (κ3) is 2.63. The molecule has 0 bridgehead atoms. The second kappa shape index (κ2) is 6.29. The monoisotopic (exact) mass is 402 g/mol. The summed E-state index contributed by atoms with van der Waals surface area (Å²) >= 11 is 12.5. The van der Waals surface area contributed by atoms with E-state index >= 15 is 0 Å². The molecule has 9 heteroatoms. The molecule has 0 amide bonds. The molecule has 0 unspecified atom stereocenters. The Bertz CT molecular complexity index is 1290. The number of imidazole rings is 1. The van der Waals surface area contributed by atoms with Crippen LogP contribution in [0.1, 0.15) is 10.5 Å². The smallest absolute Gasteiger partial charge is 0.357 e. The van der Waals surface area contributed by atoms with Gasteiger partial charge in [0.1, 0.15) is 5.15 Å². The van der Waals surface area contributed by atoms with Crippen LogP contribution in [0.4, 0.5) is 5.69 Å². The minimum absolute atomic E-state index is 0.0123. The summed E-state index contributed by atoms with van der Waals surface area (Å²) in [5, 5.41) is 13.8. The first kappa shape index (κ1) is 17.4. The Balaban J connectivity index is 2.08. The second-order valence-corrected chi connectivity index (χ2v) is 6.59. The average Bonchev–Trinajstić information content (AvgIpc) is 3.02. The van der Waals surface area contributed by atoms with E-state index < -0.39 is 5.97 Å². The van der Waals surface area contributed by atoms with Crippen LogP contribution in [0.2, 0.25) is 10.2 Å². The van der Waals surface area contributed by atoms with E-state index in [2.05, 4.69) is 15.3 Å². The van der Waals surface area contributed by atoms with Gasteiger partial charge in [-0.25, -0.2) is 9.78 Å². The van der Waals surface area contributed by atoms with Crippen molar-refractivity contribution in [2.24, 2.45) is 0 Å². The number of carboxylic acid groups (broad SMARTS) is 1. The SMILES string of the molecule is CNc1ccc(-c2ccc3c(=O)[nH]cc(Cl)c3c2)n2c(Cl)c(C(=O)O)nc12. The predicted molar refractivity (Wildman–Crippen MR) is 105 cm³/mol. The Labute approximate surface area is 162 Å². The van der Waals surface area contributed by atoms with E-state index in [1.807, 2.05) is 0 Å². The number of H-pyrrole nitrogens is 1. The van der Waals surface area contributed by atoms with Crippen LogP contribution in [0, 0.1) is 0 Å². The molecule has 0 aliphatic rings. The third-order valence-electron chi connectivity index (χ3n) is 4.33. The van der Waals surface area contributed by atoms with Gasteiger partial charge in [0.05, 0.1) is 16.4 Å². The Morgan fingerprint density at radius 2 is 2.00 bits per heavy atom. The highest BCUT2D eigenvalue weighted by atomic mass is 35.5. The Morgan fingerprint density at radius 1 is 1.22 bits per heavy atom. The van der Waals surface area contributed by atoms with Crippen molar-refractivity contribution in [2.45, 2.75) is 0 Å². The van der Waals surface area contributed by atoms with Crippen LogP contribution in [0.25, 0.3) is 27.7 Å². The lowest BCUT2D eigenvalue weighted by Gasteiger charge is -2.11. The molecule has 3 heterocycles. The Hall–Kier alpha value is -3.03. The van der Waals surface area contributed by atoms with E-state index in [1.165, 1.54) is 6.20 Å². The zero-order valence-corrected chi connectivity index (χ0v) is 15.4. The molecule has 3 N–H and O–H groups in total. The lowest BCUT2D eigenvalue weighted by atomic mass is 10.1. The minimum atomic E-state index is -1.22. The van der Waals surface area contributed by atoms with Crippen molar-refractivity contribution in [3.8, 4) is 11.3 Å². The molecule has 7 nitrogen and oxygen atoms in total. The summed E-state index contributed by atoms with van der Waals surface area (Å²) in [7, 11) is 1.71. The molecule has 0 spiro atoms. The number of nitrogens with zero attached hydrogens (tertiary/aromatic N) is 2. The zero-order valence-electron chi connectivity index (χ0n) is 13.9. The number of nitrogens with one attached hydrogen (secondary N) is 2. The Morgan fingerprint density at radius 3 is 2.70 bits per heavy atom. The average molecular weight is 403 g/mol. The standard InChI is InChI=1S/C18H12Cl2N4O3/c1-21-12-4-5-13(24-15(20)14(18(26)27)23-16(12)24)8-2-3-9-10(6-8)11(19)7-22-17(9)25/h2-7,21H,1H3,(H,22,25)(H,26,27). The number of carbonyl (C=O) groups is 1. The largest absolute Gasteiger partial charge is 0.476 e. The van der Waals surface area contributed by atoms with E-state index in [9.17, 15) is 14.7 Å². The topological polar surface area (TPSA) is 99.5 Å². The maximum absolute atomic E-state index is 12.0. The maximum Gasteiger partial charge on any atom is 0.357 e. The number of aromatic nitrogens is 3. The summed E-state index contributed by atoms with van der Waals surface area (Å²) in [6.07, 6.45) is 1.43. The highest BCUT2D eigenvalue weighted by Gasteiger charge is 2.21. The number of anilines is 1. The first-order valence-electron chi connectivity index (χ1n) is 7.85. The van der Waals surface area contributed by atoms with E-state index in [0.717, 1.165) is 0 Å². The molecule has 0 aliphatic heterocycles. The summed E-state index contributed by atoms with van der Waals surface area (Å²) in [6.45, 7) is 0. The molecule has 3 aromatic heterocycles. The van der Waals surface area contributed by atoms with Gasteiger partial charge >= 0.3 is 5.97 Å². The molecule has 136 valence electrons. The van der Waals surface area contributed by atoms with Crippen molar-refractivity contribution in [1.29, 1.82) is 0 Å². The van der Waals surface area contributed by atoms with Crippen LogP contribution >= 0.6 is 23.2 Å². The molecule has 0 radical (unpaired) electrons. The van der Waals surface area contributed by atoms with Gasteiger partial charge in [-0.3, -0.25) is 9.20 Å².